The molecule has 204 valence electrons. The minimum Gasteiger partial charge on any atom is -0.491 e. The summed E-state index contributed by atoms with van der Waals surface area (Å²) in [5.74, 6) is -5.64. The molecule has 14 heteroatoms. The average Bonchev–Trinajstić information content (AvgIpc) is 3.31. The Morgan fingerprint density at radius 3 is 2.49 bits per heavy atom. The van der Waals surface area contributed by atoms with Crippen LogP contribution in [0, 0.1) is 17.5 Å². The molecule has 0 saturated carbocycles. The molecule has 0 atom stereocenters. The van der Waals surface area contributed by atoms with Gasteiger partial charge in [-0.2, -0.15) is 0 Å². The van der Waals surface area contributed by atoms with E-state index in [1.165, 1.54) is 18.6 Å². The topological polar surface area (TPSA) is 131 Å². The van der Waals surface area contributed by atoms with Crippen LogP contribution in [0.15, 0.2) is 45.3 Å². The van der Waals surface area contributed by atoms with Gasteiger partial charge in [0.2, 0.25) is 5.91 Å². The van der Waals surface area contributed by atoms with Gasteiger partial charge in [0, 0.05) is 25.1 Å². The van der Waals surface area contributed by atoms with Gasteiger partial charge in [0.05, 0.1) is 35.3 Å². The number of halogens is 3. The molecule has 0 spiro atoms. The van der Waals surface area contributed by atoms with Gasteiger partial charge in [0.25, 0.3) is 5.56 Å². The van der Waals surface area contributed by atoms with Gasteiger partial charge in [0.15, 0.2) is 11.6 Å². The highest BCUT2D eigenvalue weighted by Gasteiger charge is 2.24. The van der Waals surface area contributed by atoms with Crippen LogP contribution < -0.4 is 20.9 Å². The molecule has 0 unspecified atom stereocenters. The molecule has 2 aromatic carbocycles. The highest BCUT2D eigenvalue weighted by atomic mass is 32.1. The summed E-state index contributed by atoms with van der Waals surface area (Å²) in [4.78, 5) is 53.0. The van der Waals surface area contributed by atoms with Crippen molar-refractivity contribution in [2.24, 2.45) is 0 Å². The van der Waals surface area contributed by atoms with Crippen molar-refractivity contribution in [2.45, 2.75) is 13.5 Å². The van der Waals surface area contributed by atoms with Crippen molar-refractivity contribution >= 4 is 39.8 Å². The number of hydrogen-bond donors (Lipinski definition) is 2. The van der Waals surface area contributed by atoms with Gasteiger partial charge >= 0.3 is 11.7 Å². The van der Waals surface area contributed by atoms with Gasteiger partial charge in [-0.3, -0.25) is 9.59 Å². The minimum absolute atomic E-state index is 0.00439. The number of benzene rings is 2. The number of aromatic carboxylic acids is 1. The molecule has 2 heterocycles. The van der Waals surface area contributed by atoms with E-state index in [1.807, 2.05) is 0 Å². The second-order valence-electron chi connectivity index (χ2n) is 8.15. The van der Waals surface area contributed by atoms with Crippen LogP contribution in [0.2, 0.25) is 0 Å². The number of aromatic amines is 1. The predicted octanol–water partition coefficient (Wildman–Crippen LogP) is 3.43. The van der Waals surface area contributed by atoms with Crippen LogP contribution in [-0.4, -0.2) is 46.9 Å². The zero-order chi connectivity index (χ0) is 28.4. The third-order valence-electron chi connectivity index (χ3n) is 5.72. The molecule has 0 bridgehead atoms. The standard InChI is InChI=1S/C25H20F3N3O7S/c1-12(32)30(10-14-19(38-8-7-37-2)6-5-16(27)21(14)28)13-3-4-15(26)18(9-13)31-23(33)20-17(29-25(31)36)11-39-22(20)24(34)35/h3-6,9,11H,7-8,10H2,1-2H3,(H,29,36)(H,34,35). The number of thiophene rings is 1. The first-order valence-electron chi connectivity index (χ1n) is 11.2. The lowest BCUT2D eigenvalue weighted by Gasteiger charge is -2.24. The Labute approximate surface area is 221 Å². The van der Waals surface area contributed by atoms with Gasteiger partial charge in [-0.25, -0.2) is 27.3 Å². The Hall–Kier alpha value is -4.43. The Morgan fingerprint density at radius 1 is 1.10 bits per heavy atom. The van der Waals surface area contributed by atoms with E-state index in [0.29, 0.717) is 15.9 Å². The Balaban J connectivity index is 1.84. The SMILES string of the molecule is COCCOc1ccc(F)c(F)c1CN(C(C)=O)c1ccc(F)c(-n2c(=O)[nH]c3csc(C(=O)O)c3c2=O)c1. The molecule has 0 aliphatic rings. The first-order valence-corrected chi connectivity index (χ1v) is 12.1. The lowest BCUT2D eigenvalue weighted by atomic mass is 10.1. The second kappa shape index (κ2) is 11.1. The Bertz CT molecular complexity index is 1710. The average molecular weight is 564 g/mol. The lowest BCUT2D eigenvalue weighted by Crippen LogP contribution is -2.35. The number of carboxylic acid groups (broad SMARTS) is 1. The normalized spacial score (nSPS) is 11.1. The summed E-state index contributed by atoms with van der Waals surface area (Å²) in [7, 11) is 1.42. The summed E-state index contributed by atoms with van der Waals surface area (Å²) < 4.78 is 54.7. The van der Waals surface area contributed by atoms with E-state index in [0.717, 1.165) is 36.1 Å². The summed E-state index contributed by atoms with van der Waals surface area (Å²) in [6.45, 7) is 0.730. The number of carbonyl (C=O) groups is 2. The molecule has 10 nitrogen and oxygen atoms in total. The van der Waals surface area contributed by atoms with E-state index in [2.05, 4.69) is 4.98 Å². The number of carboxylic acids is 1. The molecule has 2 aromatic heterocycles. The van der Waals surface area contributed by atoms with Crippen LogP contribution in [0.5, 0.6) is 5.75 Å². The molecule has 2 N–H and O–H groups in total. The summed E-state index contributed by atoms with van der Waals surface area (Å²) in [5, 5.41) is 10.4. The minimum atomic E-state index is -1.41. The molecular formula is C25H20F3N3O7S. The van der Waals surface area contributed by atoms with Crippen molar-refractivity contribution in [3.8, 4) is 11.4 Å². The van der Waals surface area contributed by atoms with E-state index in [1.54, 1.807) is 0 Å². The van der Waals surface area contributed by atoms with Crippen LogP contribution in [0.3, 0.4) is 0 Å². The highest BCUT2D eigenvalue weighted by molar-refractivity contribution is 7.13. The number of hydrogen-bond acceptors (Lipinski definition) is 7. The van der Waals surface area contributed by atoms with Crippen LogP contribution >= 0.6 is 11.3 Å². The number of methoxy groups -OCH3 is 1. The fraction of sp³-hybridized carbons (Fsp3) is 0.200. The fourth-order valence-corrected chi connectivity index (χ4v) is 4.72. The van der Waals surface area contributed by atoms with Gasteiger partial charge in [-0.05, 0) is 30.3 Å². The predicted molar refractivity (Wildman–Crippen MR) is 136 cm³/mol. The Morgan fingerprint density at radius 2 is 1.82 bits per heavy atom. The molecule has 0 aliphatic carbocycles. The first-order chi connectivity index (χ1) is 18.5. The number of H-pyrrole nitrogens is 1. The van der Waals surface area contributed by atoms with Crippen LogP contribution in [-0.2, 0) is 16.1 Å². The smallest absolute Gasteiger partial charge is 0.346 e. The molecular weight excluding hydrogens is 543 g/mol. The summed E-state index contributed by atoms with van der Waals surface area (Å²) in [5.41, 5.74) is -3.16. The number of fused-ring (bicyclic) bond motifs is 1. The van der Waals surface area contributed by atoms with E-state index in [4.69, 9.17) is 9.47 Å². The zero-order valence-electron chi connectivity index (χ0n) is 20.4. The van der Waals surface area contributed by atoms with Crippen molar-refractivity contribution in [1.29, 1.82) is 0 Å². The molecule has 0 fully saturated rings. The molecule has 1 amide bonds. The molecule has 0 aliphatic heterocycles. The van der Waals surface area contributed by atoms with Gasteiger partial charge < -0.3 is 24.5 Å². The van der Waals surface area contributed by atoms with Crippen LogP contribution in [0.4, 0.5) is 18.9 Å². The van der Waals surface area contributed by atoms with Crippen LogP contribution in [0.1, 0.15) is 22.2 Å². The van der Waals surface area contributed by atoms with Gasteiger partial charge in [-0.15, -0.1) is 11.3 Å². The van der Waals surface area contributed by atoms with Crippen molar-refractivity contribution in [2.75, 3.05) is 25.2 Å². The number of nitrogens with zero attached hydrogens (tertiary/aromatic N) is 2. The molecule has 4 rings (SSSR count). The number of carbonyl (C=O) groups excluding carboxylic acids is 1. The van der Waals surface area contributed by atoms with E-state index in [9.17, 15) is 37.5 Å². The van der Waals surface area contributed by atoms with Crippen molar-refractivity contribution in [3.63, 3.8) is 0 Å². The second-order valence-corrected chi connectivity index (χ2v) is 9.03. The fourth-order valence-electron chi connectivity index (χ4n) is 3.89. The molecule has 0 radical (unpaired) electrons. The van der Waals surface area contributed by atoms with Gasteiger partial charge in [-0.1, -0.05) is 0 Å². The quantitative estimate of drug-likeness (QED) is 0.299. The van der Waals surface area contributed by atoms with E-state index >= 15 is 0 Å². The third kappa shape index (κ3) is 5.28. The number of aromatic nitrogens is 2. The monoisotopic (exact) mass is 563 g/mol. The zero-order valence-corrected chi connectivity index (χ0v) is 21.2. The van der Waals surface area contributed by atoms with E-state index < -0.39 is 52.8 Å². The third-order valence-corrected chi connectivity index (χ3v) is 6.69. The number of amides is 1. The van der Waals surface area contributed by atoms with Gasteiger partial charge in [0.1, 0.15) is 23.1 Å². The number of anilines is 1. The maximum absolute atomic E-state index is 15.0. The Kier molecular flexibility index (Phi) is 7.88. The highest BCUT2D eigenvalue weighted by Crippen LogP contribution is 2.29. The molecule has 39 heavy (non-hydrogen) atoms. The summed E-state index contributed by atoms with van der Waals surface area (Å²) >= 11 is 0.710. The van der Waals surface area contributed by atoms with Crippen molar-refractivity contribution in [1.82, 2.24) is 9.55 Å². The van der Waals surface area contributed by atoms with E-state index in [-0.39, 0.29) is 46.0 Å². The molecule has 4 aromatic rings. The largest absolute Gasteiger partial charge is 0.491 e. The summed E-state index contributed by atoms with van der Waals surface area (Å²) in [6, 6.07) is 5.07. The summed E-state index contributed by atoms with van der Waals surface area (Å²) in [6.07, 6.45) is 0. The maximum Gasteiger partial charge on any atom is 0.346 e. The number of nitrogens with one attached hydrogen (secondary N) is 1. The maximum atomic E-state index is 15.0. The first kappa shape index (κ1) is 27.6. The van der Waals surface area contributed by atoms with Crippen LogP contribution in [0.25, 0.3) is 16.6 Å². The number of ether oxygens (including phenoxy) is 2. The van der Waals surface area contributed by atoms with Crippen molar-refractivity contribution < 1.29 is 37.3 Å². The van der Waals surface area contributed by atoms with Crippen molar-refractivity contribution in [3.05, 3.63) is 84.4 Å². The lowest BCUT2D eigenvalue weighted by molar-refractivity contribution is -0.116. The number of rotatable bonds is 9. The molecule has 0 saturated heterocycles.